The third-order valence-corrected chi connectivity index (χ3v) is 3.24. The lowest BCUT2D eigenvalue weighted by Gasteiger charge is -2.26. The van der Waals surface area contributed by atoms with Gasteiger partial charge in [-0.3, -0.25) is 4.90 Å². The van der Waals surface area contributed by atoms with E-state index in [1.165, 1.54) is 13.2 Å². The molecule has 1 aromatic rings. The molecule has 2 rings (SSSR count). The molecule has 5 nitrogen and oxygen atoms in total. The molecule has 0 radical (unpaired) electrons. The number of carbonyl (C=O) groups excluding carboxylic acids is 1. The average molecular weight is 282 g/mol. The van der Waals surface area contributed by atoms with Crippen molar-refractivity contribution in [3.8, 4) is 0 Å². The molecular formula is C14H19FN2O3. The Morgan fingerprint density at radius 3 is 2.85 bits per heavy atom. The highest BCUT2D eigenvalue weighted by Gasteiger charge is 2.11. The second-order valence-corrected chi connectivity index (χ2v) is 4.57. The summed E-state index contributed by atoms with van der Waals surface area (Å²) in [6.07, 6.45) is 0. The number of hydrogen-bond acceptors (Lipinski definition) is 5. The summed E-state index contributed by atoms with van der Waals surface area (Å²) in [6, 6.07) is 4.29. The summed E-state index contributed by atoms with van der Waals surface area (Å²) in [6.45, 7) is 4.80. The number of morpholine rings is 1. The summed E-state index contributed by atoms with van der Waals surface area (Å²) in [7, 11) is 1.27. The number of nitrogens with one attached hydrogen (secondary N) is 1. The van der Waals surface area contributed by atoms with Crippen LogP contribution in [-0.2, 0) is 9.47 Å². The molecule has 0 bridgehead atoms. The number of ether oxygens (including phenoxy) is 2. The predicted octanol–water partition coefficient (Wildman–Crippen LogP) is 1.36. The molecule has 0 unspecified atom stereocenters. The Balaban J connectivity index is 1.84. The van der Waals surface area contributed by atoms with Crippen LogP contribution in [0, 0.1) is 5.82 Å². The maximum atomic E-state index is 13.8. The number of rotatable bonds is 5. The van der Waals surface area contributed by atoms with Crippen molar-refractivity contribution in [3.63, 3.8) is 0 Å². The van der Waals surface area contributed by atoms with Crippen molar-refractivity contribution in [2.45, 2.75) is 0 Å². The molecule has 1 heterocycles. The van der Waals surface area contributed by atoms with E-state index in [9.17, 15) is 9.18 Å². The number of methoxy groups -OCH3 is 1. The van der Waals surface area contributed by atoms with Crippen LogP contribution >= 0.6 is 0 Å². The minimum Gasteiger partial charge on any atom is -0.465 e. The van der Waals surface area contributed by atoms with Gasteiger partial charge in [0.05, 0.1) is 31.6 Å². The molecule has 110 valence electrons. The van der Waals surface area contributed by atoms with Gasteiger partial charge >= 0.3 is 5.97 Å². The first-order valence-corrected chi connectivity index (χ1v) is 6.62. The van der Waals surface area contributed by atoms with Crippen molar-refractivity contribution in [1.82, 2.24) is 4.90 Å². The number of halogens is 1. The van der Waals surface area contributed by atoms with Gasteiger partial charge in [0, 0.05) is 26.2 Å². The Labute approximate surface area is 117 Å². The van der Waals surface area contributed by atoms with Gasteiger partial charge in [0.15, 0.2) is 0 Å². The van der Waals surface area contributed by atoms with Crippen LogP contribution in [0.2, 0.25) is 0 Å². The van der Waals surface area contributed by atoms with E-state index in [1.54, 1.807) is 12.1 Å². The number of nitrogens with zero attached hydrogens (tertiary/aromatic N) is 1. The first kappa shape index (κ1) is 14.7. The maximum absolute atomic E-state index is 13.8. The highest BCUT2D eigenvalue weighted by Crippen LogP contribution is 2.16. The molecule has 0 aromatic heterocycles. The molecule has 1 saturated heterocycles. The van der Waals surface area contributed by atoms with Crippen molar-refractivity contribution >= 4 is 11.7 Å². The molecule has 0 saturated carbocycles. The van der Waals surface area contributed by atoms with Crippen LogP contribution in [0.25, 0.3) is 0 Å². The van der Waals surface area contributed by atoms with Crippen LogP contribution in [0.1, 0.15) is 10.4 Å². The molecule has 6 heteroatoms. The van der Waals surface area contributed by atoms with Gasteiger partial charge < -0.3 is 14.8 Å². The van der Waals surface area contributed by atoms with Crippen LogP contribution < -0.4 is 5.32 Å². The van der Waals surface area contributed by atoms with E-state index in [1.807, 2.05) is 0 Å². The number of hydrogen-bond donors (Lipinski definition) is 1. The second-order valence-electron chi connectivity index (χ2n) is 4.57. The van der Waals surface area contributed by atoms with Gasteiger partial charge in [0.2, 0.25) is 0 Å². The van der Waals surface area contributed by atoms with Gasteiger partial charge in [-0.25, -0.2) is 9.18 Å². The molecular weight excluding hydrogens is 263 g/mol. The summed E-state index contributed by atoms with van der Waals surface area (Å²) in [5.74, 6) is -0.987. The van der Waals surface area contributed by atoms with Crippen molar-refractivity contribution in [2.75, 3.05) is 51.8 Å². The van der Waals surface area contributed by atoms with Gasteiger partial charge in [0.1, 0.15) is 5.82 Å². The summed E-state index contributed by atoms with van der Waals surface area (Å²) in [4.78, 5) is 13.5. The molecule has 1 aliphatic heterocycles. The zero-order valence-electron chi connectivity index (χ0n) is 11.5. The van der Waals surface area contributed by atoms with E-state index in [4.69, 9.17) is 4.74 Å². The Kier molecular flexibility index (Phi) is 5.31. The quantitative estimate of drug-likeness (QED) is 0.826. The average Bonchev–Trinajstić information content (AvgIpc) is 2.49. The summed E-state index contributed by atoms with van der Waals surface area (Å²) >= 11 is 0. The summed E-state index contributed by atoms with van der Waals surface area (Å²) in [5, 5.41) is 3.03. The van der Waals surface area contributed by atoms with Crippen LogP contribution in [-0.4, -0.2) is 57.4 Å². The summed E-state index contributed by atoms with van der Waals surface area (Å²) < 4.78 is 23.6. The van der Waals surface area contributed by atoms with Gasteiger partial charge in [-0.1, -0.05) is 0 Å². The van der Waals surface area contributed by atoms with Crippen molar-refractivity contribution in [1.29, 1.82) is 0 Å². The van der Waals surface area contributed by atoms with E-state index >= 15 is 0 Å². The van der Waals surface area contributed by atoms with Crippen LogP contribution in [0.5, 0.6) is 0 Å². The Morgan fingerprint density at radius 2 is 2.20 bits per heavy atom. The standard InChI is InChI=1S/C14H19FN2O3/c1-19-14(18)11-2-3-13(12(15)10-11)16-4-5-17-6-8-20-9-7-17/h2-3,10,16H,4-9H2,1H3. The van der Waals surface area contributed by atoms with Crippen LogP contribution in [0.15, 0.2) is 18.2 Å². The molecule has 1 fully saturated rings. The molecule has 0 aliphatic carbocycles. The van der Waals surface area contributed by atoms with Gasteiger partial charge in [-0.2, -0.15) is 0 Å². The topological polar surface area (TPSA) is 50.8 Å². The van der Waals surface area contributed by atoms with E-state index in [2.05, 4.69) is 15.0 Å². The second kappa shape index (κ2) is 7.21. The fourth-order valence-corrected chi connectivity index (χ4v) is 2.08. The lowest BCUT2D eigenvalue weighted by molar-refractivity contribution is 0.0398. The Morgan fingerprint density at radius 1 is 1.45 bits per heavy atom. The minimum atomic E-state index is -0.538. The molecule has 20 heavy (non-hydrogen) atoms. The van der Waals surface area contributed by atoms with Gasteiger partial charge in [-0.05, 0) is 18.2 Å². The Hall–Kier alpha value is -1.66. The molecule has 0 spiro atoms. The first-order chi connectivity index (χ1) is 9.70. The van der Waals surface area contributed by atoms with Gasteiger partial charge in [-0.15, -0.1) is 0 Å². The smallest absolute Gasteiger partial charge is 0.337 e. The normalized spacial score (nSPS) is 15.9. The van der Waals surface area contributed by atoms with E-state index in [0.717, 1.165) is 32.8 Å². The highest BCUT2D eigenvalue weighted by molar-refractivity contribution is 5.89. The van der Waals surface area contributed by atoms with E-state index in [0.29, 0.717) is 12.2 Å². The third kappa shape index (κ3) is 3.91. The molecule has 1 aromatic carbocycles. The maximum Gasteiger partial charge on any atom is 0.337 e. The van der Waals surface area contributed by atoms with E-state index < -0.39 is 11.8 Å². The van der Waals surface area contributed by atoms with E-state index in [-0.39, 0.29) is 5.56 Å². The SMILES string of the molecule is COC(=O)c1ccc(NCCN2CCOCC2)c(F)c1. The molecule has 0 amide bonds. The summed E-state index contributed by atoms with van der Waals surface area (Å²) in [5.41, 5.74) is 0.606. The highest BCUT2D eigenvalue weighted by atomic mass is 19.1. The minimum absolute atomic E-state index is 0.212. The lowest BCUT2D eigenvalue weighted by atomic mass is 10.2. The van der Waals surface area contributed by atoms with Crippen molar-refractivity contribution < 1.29 is 18.7 Å². The van der Waals surface area contributed by atoms with Gasteiger partial charge in [0.25, 0.3) is 0 Å². The lowest BCUT2D eigenvalue weighted by Crippen LogP contribution is -2.39. The monoisotopic (exact) mass is 282 g/mol. The molecule has 1 aliphatic rings. The number of esters is 1. The zero-order valence-corrected chi connectivity index (χ0v) is 11.5. The van der Waals surface area contributed by atoms with Crippen molar-refractivity contribution in [2.24, 2.45) is 0 Å². The zero-order chi connectivity index (χ0) is 14.4. The fourth-order valence-electron chi connectivity index (χ4n) is 2.08. The largest absolute Gasteiger partial charge is 0.465 e. The van der Waals surface area contributed by atoms with Crippen molar-refractivity contribution in [3.05, 3.63) is 29.6 Å². The van der Waals surface area contributed by atoms with Crippen LogP contribution in [0.3, 0.4) is 0 Å². The fraction of sp³-hybridized carbons (Fsp3) is 0.500. The molecule has 1 N–H and O–H groups in total. The first-order valence-electron chi connectivity index (χ1n) is 6.62. The Bertz CT molecular complexity index is 462. The number of anilines is 1. The predicted molar refractivity (Wildman–Crippen MR) is 73.5 cm³/mol. The number of benzene rings is 1. The van der Waals surface area contributed by atoms with Crippen LogP contribution in [0.4, 0.5) is 10.1 Å². The third-order valence-electron chi connectivity index (χ3n) is 3.24. The number of carbonyl (C=O) groups is 1. The molecule has 0 atom stereocenters.